The Labute approximate surface area is 95.7 Å². The average Bonchev–Trinajstić information content (AvgIpc) is 2.65. The molecule has 3 heteroatoms. The molecule has 0 aliphatic heterocycles. The van der Waals surface area contributed by atoms with Crippen molar-refractivity contribution in [3.05, 3.63) is 56.7 Å². The largest absolute Gasteiger partial charge is 0.320 e. The maximum atomic E-state index is 6.14. The standard InChI is InChI=1S/C11H10BrNS/c12-9-6-7-14-11(9)10(13)8-4-2-1-3-5-8/h1-7,10H,13H2. The van der Waals surface area contributed by atoms with Crippen molar-refractivity contribution in [2.75, 3.05) is 0 Å². The Hall–Kier alpha value is -0.640. The summed E-state index contributed by atoms with van der Waals surface area (Å²) in [5.74, 6) is 0. The van der Waals surface area contributed by atoms with Crippen LogP contribution in [0.15, 0.2) is 46.3 Å². The summed E-state index contributed by atoms with van der Waals surface area (Å²) < 4.78 is 1.10. The first kappa shape index (κ1) is 9.90. The van der Waals surface area contributed by atoms with E-state index in [4.69, 9.17) is 5.73 Å². The number of benzene rings is 1. The number of hydrogen-bond acceptors (Lipinski definition) is 2. The van der Waals surface area contributed by atoms with E-state index in [2.05, 4.69) is 28.1 Å². The molecule has 0 saturated carbocycles. The molecule has 2 rings (SSSR count). The Morgan fingerprint density at radius 2 is 1.86 bits per heavy atom. The second kappa shape index (κ2) is 4.26. The Bertz CT molecular complexity index is 410. The molecule has 0 spiro atoms. The Balaban J connectivity index is 2.34. The van der Waals surface area contributed by atoms with Gasteiger partial charge in [-0.25, -0.2) is 0 Å². The molecule has 0 fully saturated rings. The normalized spacial score (nSPS) is 12.7. The van der Waals surface area contributed by atoms with Gasteiger partial charge in [0.15, 0.2) is 0 Å². The highest BCUT2D eigenvalue weighted by Crippen LogP contribution is 2.31. The summed E-state index contributed by atoms with van der Waals surface area (Å²) in [5, 5.41) is 2.04. The number of rotatable bonds is 2. The third-order valence-corrected chi connectivity index (χ3v) is 4.04. The number of nitrogens with two attached hydrogens (primary N) is 1. The maximum Gasteiger partial charge on any atom is 0.0657 e. The SMILES string of the molecule is NC(c1ccccc1)c1sccc1Br. The van der Waals surface area contributed by atoms with Crippen LogP contribution >= 0.6 is 27.3 Å². The van der Waals surface area contributed by atoms with Gasteiger partial charge in [-0.15, -0.1) is 11.3 Å². The molecule has 1 heterocycles. The van der Waals surface area contributed by atoms with Crippen molar-refractivity contribution < 1.29 is 0 Å². The van der Waals surface area contributed by atoms with E-state index in [0.29, 0.717) is 0 Å². The van der Waals surface area contributed by atoms with Crippen LogP contribution in [0.4, 0.5) is 0 Å². The van der Waals surface area contributed by atoms with Crippen molar-refractivity contribution in [2.24, 2.45) is 5.73 Å². The summed E-state index contributed by atoms with van der Waals surface area (Å²) in [6, 6.07) is 12.1. The first-order valence-electron chi connectivity index (χ1n) is 4.32. The Kier molecular flexibility index (Phi) is 3.01. The molecular weight excluding hydrogens is 258 g/mol. The lowest BCUT2D eigenvalue weighted by atomic mass is 10.1. The monoisotopic (exact) mass is 267 g/mol. The van der Waals surface area contributed by atoms with Gasteiger partial charge in [-0.05, 0) is 32.9 Å². The van der Waals surface area contributed by atoms with Gasteiger partial charge < -0.3 is 5.73 Å². The van der Waals surface area contributed by atoms with Crippen LogP contribution in [0.5, 0.6) is 0 Å². The fourth-order valence-electron chi connectivity index (χ4n) is 1.34. The van der Waals surface area contributed by atoms with Crippen molar-refractivity contribution in [3.8, 4) is 0 Å². The van der Waals surface area contributed by atoms with Crippen molar-refractivity contribution >= 4 is 27.3 Å². The summed E-state index contributed by atoms with van der Waals surface area (Å²) in [7, 11) is 0. The molecule has 0 bridgehead atoms. The summed E-state index contributed by atoms with van der Waals surface area (Å²) in [5.41, 5.74) is 7.29. The topological polar surface area (TPSA) is 26.0 Å². The average molecular weight is 268 g/mol. The lowest BCUT2D eigenvalue weighted by Crippen LogP contribution is -2.10. The van der Waals surface area contributed by atoms with Crippen molar-refractivity contribution in [1.82, 2.24) is 0 Å². The molecule has 0 aliphatic carbocycles. The first-order valence-corrected chi connectivity index (χ1v) is 5.99. The van der Waals surface area contributed by atoms with Gasteiger partial charge in [0, 0.05) is 9.35 Å². The quantitative estimate of drug-likeness (QED) is 0.885. The van der Waals surface area contributed by atoms with Gasteiger partial charge in [0.05, 0.1) is 6.04 Å². The van der Waals surface area contributed by atoms with Crippen LogP contribution in [0.1, 0.15) is 16.5 Å². The van der Waals surface area contributed by atoms with Crippen LogP contribution in [-0.4, -0.2) is 0 Å². The summed E-state index contributed by atoms with van der Waals surface area (Å²) in [6.07, 6.45) is 0. The zero-order chi connectivity index (χ0) is 9.97. The van der Waals surface area contributed by atoms with Crippen LogP contribution in [0.3, 0.4) is 0 Å². The second-order valence-corrected chi connectivity index (χ2v) is 4.82. The van der Waals surface area contributed by atoms with Gasteiger partial charge >= 0.3 is 0 Å². The minimum Gasteiger partial charge on any atom is -0.320 e. The van der Waals surface area contributed by atoms with Crippen LogP contribution in [0.25, 0.3) is 0 Å². The second-order valence-electron chi connectivity index (χ2n) is 3.02. The lowest BCUT2D eigenvalue weighted by Gasteiger charge is -2.10. The lowest BCUT2D eigenvalue weighted by molar-refractivity contribution is 0.889. The molecule has 2 N–H and O–H groups in total. The molecule has 1 atom stereocenters. The van der Waals surface area contributed by atoms with Crippen LogP contribution < -0.4 is 5.73 Å². The van der Waals surface area contributed by atoms with Gasteiger partial charge in [0.1, 0.15) is 0 Å². The third kappa shape index (κ3) is 1.90. The van der Waals surface area contributed by atoms with Crippen LogP contribution in [0.2, 0.25) is 0 Å². The van der Waals surface area contributed by atoms with Crippen molar-refractivity contribution in [1.29, 1.82) is 0 Å². The molecule has 1 nitrogen and oxygen atoms in total. The molecular formula is C11H10BrNS. The molecule has 1 aromatic carbocycles. The molecule has 14 heavy (non-hydrogen) atoms. The smallest absolute Gasteiger partial charge is 0.0657 e. The molecule has 0 amide bonds. The molecule has 1 unspecified atom stereocenters. The van der Waals surface area contributed by atoms with Gasteiger partial charge in [0.25, 0.3) is 0 Å². The van der Waals surface area contributed by atoms with E-state index in [1.165, 1.54) is 4.88 Å². The van der Waals surface area contributed by atoms with Gasteiger partial charge in [-0.1, -0.05) is 30.3 Å². The summed E-state index contributed by atoms with van der Waals surface area (Å²) in [4.78, 5) is 1.18. The summed E-state index contributed by atoms with van der Waals surface area (Å²) in [6.45, 7) is 0. The molecule has 72 valence electrons. The zero-order valence-corrected chi connectivity index (χ0v) is 9.88. The van der Waals surface area contributed by atoms with E-state index in [9.17, 15) is 0 Å². The summed E-state index contributed by atoms with van der Waals surface area (Å²) >= 11 is 5.18. The number of halogens is 1. The maximum absolute atomic E-state index is 6.14. The van der Waals surface area contributed by atoms with Gasteiger partial charge in [0.2, 0.25) is 0 Å². The van der Waals surface area contributed by atoms with Crippen LogP contribution in [-0.2, 0) is 0 Å². The van der Waals surface area contributed by atoms with E-state index < -0.39 is 0 Å². The predicted molar refractivity (Wildman–Crippen MR) is 64.5 cm³/mol. The predicted octanol–water partition coefficient (Wildman–Crippen LogP) is 3.56. The van der Waals surface area contributed by atoms with Crippen molar-refractivity contribution in [2.45, 2.75) is 6.04 Å². The van der Waals surface area contributed by atoms with E-state index in [1.807, 2.05) is 29.6 Å². The highest BCUT2D eigenvalue weighted by molar-refractivity contribution is 9.10. The van der Waals surface area contributed by atoms with E-state index in [0.717, 1.165) is 10.0 Å². The fourth-order valence-corrected chi connectivity index (χ4v) is 2.99. The van der Waals surface area contributed by atoms with Gasteiger partial charge in [-0.3, -0.25) is 0 Å². The van der Waals surface area contributed by atoms with E-state index >= 15 is 0 Å². The highest BCUT2D eigenvalue weighted by atomic mass is 79.9. The van der Waals surface area contributed by atoms with Gasteiger partial charge in [-0.2, -0.15) is 0 Å². The molecule has 0 aliphatic rings. The number of thiophene rings is 1. The molecule has 1 aromatic heterocycles. The molecule has 2 aromatic rings. The Morgan fingerprint density at radius 1 is 1.14 bits per heavy atom. The van der Waals surface area contributed by atoms with Crippen molar-refractivity contribution in [3.63, 3.8) is 0 Å². The third-order valence-electron chi connectivity index (χ3n) is 2.09. The molecule has 0 saturated heterocycles. The highest BCUT2D eigenvalue weighted by Gasteiger charge is 2.12. The zero-order valence-electron chi connectivity index (χ0n) is 7.48. The molecule has 0 radical (unpaired) electrons. The van der Waals surface area contributed by atoms with E-state index in [1.54, 1.807) is 11.3 Å². The Morgan fingerprint density at radius 3 is 2.43 bits per heavy atom. The van der Waals surface area contributed by atoms with Crippen LogP contribution in [0, 0.1) is 0 Å². The first-order chi connectivity index (χ1) is 6.79. The number of hydrogen-bond donors (Lipinski definition) is 1. The fraction of sp³-hybridized carbons (Fsp3) is 0.0909. The van der Waals surface area contributed by atoms with E-state index in [-0.39, 0.29) is 6.04 Å². The minimum atomic E-state index is -0.0226. The minimum absolute atomic E-state index is 0.0226.